The molecule has 0 radical (unpaired) electrons. The molecule has 6 nitrogen and oxygen atoms in total. The molecule has 0 spiro atoms. The number of amides is 2. The fourth-order valence-electron chi connectivity index (χ4n) is 2.83. The quantitative estimate of drug-likeness (QED) is 0.786. The number of halogens is 1. The molecule has 1 saturated heterocycles. The maximum Gasteiger partial charge on any atom is 0.319 e. The largest absolute Gasteiger partial charge is 0.467 e. The van der Waals surface area contributed by atoms with Crippen LogP contribution in [0.1, 0.15) is 24.6 Å². The third kappa shape index (κ3) is 3.86. The highest BCUT2D eigenvalue weighted by molar-refractivity contribution is 5.90. The Kier molecular flexibility index (Phi) is 5.00. The summed E-state index contributed by atoms with van der Waals surface area (Å²) in [5, 5.41) is 14.6. The molecule has 1 aliphatic heterocycles. The summed E-state index contributed by atoms with van der Waals surface area (Å²) in [5.41, 5.74) is 1.12. The normalized spacial score (nSPS) is 15.3. The van der Waals surface area contributed by atoms with Gasteiger partial charge in [0.05, 0.1) is 12.9 Å². The standard InChI is InChI=1S/C17H20FN3O3/c18-12-8-13(10-14(9-12)21-5-1-2-6-21)19-17(23)20-15(11-22)16-4-3-7-24-16/h3-4,7-10,15,22H,1-2,5-6,11H2,(H2,19,20,23). The molecular formula is C17H20FN3O3. The average Bonchev–Trinajstić information content (AvgIpc) is 3.25. The van der Waals surface area contributed by atoms with Crippen molar-refractivity contribution >= 4 is 17.4 Å². The first-order chi connectivity index (χ1) is 11.7. The summed E-state index contributed by atoms with van der Waals surface area (Å²) in [6, 6.07) is 6.61. The van der Waals surface area contributed by atoms with E-state index >= 15 is 0 Å². The van der Waals surface area contributed by atoms with Crippen molar-refractivity contribution in [1.82, 2.24) is 5.32 Å². The Bertz CT molecular complexity index is 684. The number of furan rings is 1. The van der Waals surface area contributed by atoms with Crippen LogP contribution in [0.5, 0.6) is 0 Å². The van der Waals surface area contributed by atoms with Gasteiger partial charge >= 0.3 is 6.03 Å². The molecular weight excluding hydrogens is 313 g/mol. The van der Waals surface area contributed by atoms with Crippen LogP contribution in [0.2, 0.25) is 0 Å². The van der Waals surface area contributed by atoms with Crippen LogP contribution in [-0.2, 0) is 0 Å². The number of aliphatic hydroxyl groups is 1. The van der Waals surface area contributed by atoms with Gasteiger partial charge in [-0.15, -0.1) is 0 Å². The van der Waals surface area contributed by atoms with E-state index in [1.165, 1.54) is 18.4 Å². The Morgan fingerprint density at radius 1 is 1.33 bits per heavy atom. The summed E-state index contributed by atoms with van der Waals surface area (Å²) >= 11 is 0. The lowest BCUT2D eigenvalue weighted by Gasteiger charge is -2.19. The molecule has 2 amide bonds. The molecule has 1 aliphatic rings. The molecule has 1 aromatic carbocycles. The predicted octanol–water partition coefficient (Wildman–Crippen LogP) is 2.87. The minimum atomic E-state index is -0.661. The molecule has 7 heteroatoms. The van der Waals surface area contributed by atoms with Crippen LogP contribution in [0.4, 0.5) is 20.6 Å². The van der Waals surface area contributed by atoms with E-state index in [4.69, 9.17) is 4.42 Å². The Hall–Kier alpha value is -2.54. The van der Waals surface area contributed by atoms with E-state index in [0.717, 1.165) is 31.6 Å². The second-order valence-electron chi connectivity index (χ2n) is 5.74. The summed E-state index contributed by atoms with van der Waals surface area (Å²) in [4.78, 5) is 14.2. The molecule has 1 atom stereocenters. The molecule has 1 aromatic heterocycles. The summed E-state index contributed by atoms with van der Waals surface area (Å²) < 4.78 is 19.0. The maximum atomic E-state index is 13.8. The van der Waals surface area contributed by atoms with Crippen LogP contribution in [0.3, 0.4) is 0 Å². The monoisotopic (exact) mass is 333 g/mol. The summed E-state index contributed by atoms with van der Waals surface area (Å²) in [5.74, 6) is 0.0455. The highest BCUT2D eigenvalue weighted by atomic mass is 19.1. The van der Waals surface area contributed by atoms with E-state index in [1.54, 1.807) is 18.2 Å². The molecule has 128 valence electrons. The summed E-state index contributed by atoms with van der Waals surface area (Å²) in [7, 11) is 0. The van der Waals surface area contributed by atoms with Gasteiger partial charge in [-0.2, -0.15) is 0 Å². The van der Waals surface area contributed by atoms with Gasteiger partial charge in [0.2, 0.25) is 0 Å². The zero-order chi connectivity index (χ0) is 16.9. The van der Waals surface area contributed by atoms with Gasteiger partial charge in [0.25, 0.3) is 0 Å². The fourth-order valence-corrected chi connectivity index (χ4v) is 2.83. The zero-order valence-electron chi connectivity index (χ0n) is 13.2. The Labute approximate surface area is 139 Å². The third-order valence-corrected chi connectivity index (χ3v) is 3.99. The number of nitrogens with one attached hydrogen (secondary N) is 2. The number of carbonyl (C=O) groups excluding carboxylic acids is 1. The highest BCUT2D eigenvalue weighted by Crippen LogP contribution is 2.25. The molecule has 3 N–H and O–H groups in total. The van der Waals surface area contributed by atoms with Crippen molar-refractivity contribution < 1.29 is 18.7 Å². The predicted molar refractivity (Wildman–Crippen MR) is 88.5 cm³/mol. The molecule has 1 fully saturated rings. The van der Waals surface area contributed by atoms with Gasteiger partial charge in [0.1, 0.15) is 17.6 Å². The van der Waals surface area contributed by atoms with Crippen molar-refractivity contribution in [3.63, 3.8) is 0 Å². The van der Waals surface area contributed by atoms with Gasteiger partial charge in [-0.05, 0) is 43.2 Å². The van der Waals surface area contributed by atoms with Gasteiger partial charge < -0.3 is 25.1 Å². The lowest BCUT2D eigenvalue weighted by atomic mass is 10.2. The van der Waals surface area contributed by atoms with Crippen molar-refractivity contribution in [2.45, 2.75) is 18.9 Å². The van der Waals surface area contributed by atoms with Gasteiger partial charge in [0.15, 0.2) is 0 Å². The van der Waals surface area contributed by atoms with Crippen LogP contribution in [0, 0.1) is 5.82 Å². The Morgan fingerprint density at radius 3 is 2.79 bits per heavy atom. The van der Waals surface area contributed by atoms with Crippen LogP contribution in [0.25, 0.3) is 0 Å². The number of rotatable bonds is 5. The molecule has 24 heavy (non-hydrogen) atoms. The van der Waals surface area contributed by atoms with E-state index in [1.807, 2.05) is 0 Å². The maximum absolute atomic E-state index is 13.8. The van der Waals surface area contributed by atoms with Crippen LogP contribution in [-0.4, -0.2) is 30.8 Å². The number of hydrogen-bond donors (Lipinski definition) is 3. The molecule has 2 aromatic rings. The van der Waals surface area contributed by atoms with Gasteiger partial charge in [0, 0.05) is 24.5 Å². The molecule has 2 heterocycles. The van der Waals surface area contributed by atoms with Crippen molar-refractivity contribution in [1.29, 1.82) is 0 Å². The highest BCUT2D eigenvalue weighted by Gasteiger charge is 2.18. The zero-order valence-corrected chi connectivity index (χ0v) is 13.2. The lowest BCUT2D eigenvalue weighted by molar-refractivity contribution is 0.215. The summed E-state index contributed by atoms with van der Waals surface area (Å²) in [6.07, 6.45) is 3.63. The number of carbonyl (C=O) groups is 1. The Morgan fingerprint density at radius 2 is 2.12 bits per heavy atom. The van der Waals surface area contributed by atoms with Crippen LogP contribution in [0.15, 0.2) is 41.0 Å². The minimum absolute atomic E-state index is 0.302. The van der Waals surface area contributed by atoms with E-state index in [0.29, 0.717) is 11.4 Å². The van der Waals surface area contributed by atoms with E-state index < -0.39 is 17.9 Å². The topological polar surface area (TPSA) is 77.7 Å². The third-order valence-electron chi connectivity index (χ3n) is 3.99. The van der Waals surface area contributed by atoms with E-state index in [2.05, 4.69) is 15.5 Å². The van der Waals surface area contributed by atoms with Crippen molar-refractivity contribution in [3.8, 4) is 0 Å². The fraction of sp³-hybridized carbons (Fsp3) is 0.353. The lowest BCUT2D eigenvalue weighted by Crippen LogP contribution is -2.34. The van der Waals surface area contributed by atoms with Crippen molar-refractivity contribution in [2.24, 2.45) is 0 Å². The first kappa shape index (κ1) is 16.3. The molecule has 0 saturated carbocycles. The average molecular weight is 333 g/mol. The van der Waals surface area contributed by atoms with Gasteiger partial charge in [-0.25, -0.2) is 9.18 Å². The van der Waals surface area contributed by atoms with Gasteiger partial charge in [-0.3, -0.25) is 0 Å². The van der Waals surface area contributed by atoms with Gasteiger partial charge in [-0.1, -0.05) is 0 Å². The smallest absolute Gasteiger partial charge is 0.319 e. The van der Waals surface area contributed by atoms with Crippen LogP contribution >= 0.6 is 0 Å². The van der Waals surface area contributed by atoms with E-state index in [-0.39, 0.29) is 6.61 Å². The second kappa shape index (κ2) is 7.35. The molecule has 0 bridgehead atoms. The Balaban J connectivity index is 1.67. The molecule has 3 rings (SSSR count). The first-order valence-corrected chi connectivity index (χ1v) is 7.93. The van der Waals surface area contributed by atoms with Crippen LogP contribution < -0.4 is 15.5 Å². The number of anilines is 2. The molecule has 0 aliphatic carbocycles. The van der Waals surface area contributed by atoms with Crippen molar-refractivity contribution in [2.75, 3.05) is 29.9 Å². The second-order valence-corrected chi connectivity index (χ2v) is 5.74. The number of nitrogens with zero attached hydrogens (tertiary/aromatic N) is 1. The first-order valence-electron chi connectivity index (χ1n) is 7.93. The van der Waals surface area contributed by atoms with E-state index in [9.17, 15) is 14.3 Å². The van der Waals surface area contributed by atoms with Crippen molar-refractivity contribution in [3.05, 3.63) is 48.2 Å². The minimum Gasteiger partial charge on any atom is -0.467 e. The number of hydrogen-bond acceptors (Lipinski definition) is 4. The SMILES string of the molecule is O=C(Nc1cc(F)cc(N2CCCC2)c1)NC(CO)c1ccco1. The molecule has 1 unspecified atom stereocenters. The number of aliphatic hydroxyl groups excluding tert-OH is 1. The summed E-state index contributed by atoms with van der Waals surface area (Å²) in [6.45, 7) is 1.48. The number of benzene rings is 1. The number of urea groups is 1.